The van der Waals surface area contributed by atoms with E-state index in [1.165, 1.54) is 0 Å². The summed E-state index contributed by atoms with van der Waals surface area (Å²) >= 11 is 5.80. The molecule has 0 aromatic heterocycles. The van der Waals surface area contributed by atoms with E-state index < -0.39 is 0 Å². The standard InChI is InChI=1S/C12H18ClN3O/c1-9(8-16-12(14-2)15-3)17-11-6-4-10(13)5-7-11/h4-7,9H,8H2,1-3H3,(H2,14,15,16). The van der Waals surface area contributed by atoms with Crippen LogP contribution < -0.4 is 15.4 Å². The monoisotopic (exact) mass is 255 g/mol. The van der Waals surface area contributed by atoms with Gasteiger partial charge in [0.15, 0.2) is 5.96 Å². The molecule has 0 aliphatic carbocycles. The molecule has 0 amide bonds. The van der Waals surface area contributed by atoms with Gasteiger partial charge in [-0.1, -0.05) is 11.6 Å². The minimum atomic E-state index is 0.0428. The summed E-state index contributed by atoms with van der Waals surface area (Å²) in [6.45, 7) is 2.67. The van der Waals surface area contributed by atoms with E-state index in [9.17, 15) is 0 Å². The van der Waals surface area contributed by atoms with Gasteiger partial charge in [0.1, 0.15) is 11.9 Å². The van der Waals surface area contributed by atoms with Crippen LogP contribution in [0.1, 0.15) is 6.92 Å². The fourth-order valence-electron chi connectivity index (χ4n) is 1.31. The first-order valence-corrected chi connectivity index (χ1v) is 5.84. The van der Waals surface area contributed by atoms with Crippen LogP contribution >= 0.6 is 11.6 Å². The average Bonchev–Trinajstić information content (AvgIpc) is 2.33. The Hall–Kier alpha value is -1.42. The normalized spacial score (nSPS) is 13.1. The molecule has 0 bridgehead atoms. The van der Waals surface area contributed by atoms with Gasteiger partial charge in [-0.15, -0.1) is 0 Å². The highest BCUT2D eigenvalue weighted by Gasteiger charge is 2.04. The Morgan fingerprint density at radius 1 is 1.41 bits per heavy atom. The first kappa shape index (κ1) is 13.6. The van der Waals surface area contributed by atoms with Crippen LogP contribution in [0.2, 0.25) is 5.02 Å². The van der Waals surface area contributed by atoms with Crippen molar-refractivity contribution in [2.45, 2.75) is 13.0 Å². The summed E-state index contributed by atoms with van der Waals surface area (Å²) in [7, 11) is 3.55. The van der Waals surface area contributed by atoms with Crippen LogP contribution in [0.15, 0.2) is 29.3 Å². The predicted molar refractivity (Wildman–Crippen MR) is 72.0 cm³/mol. The molecule has 5 heteroatoms. The zero-order valence-electron chi connectivity index (χ0n) is 10.3. The highest BCUT2D eigenvalue weighted by atomic mass is 35.5. The molecule has 0 aliphatic heterocycles. The molecule has 4 nitrogen and oxygen atoms in total. The summed E-state index contributed by atoms with van der Waals surface area (Å²) < 4.78 is 5.70. The molecule has 0 fully saturated rings. The van der Waals surface area contributed by atoms with Crippen LogP contribution in [-0.4, -0.2) is 32.7 Å². The lowest BCUT2D eigenvalue weighted by Crippen LogP contribution is -2.40. The molecule has 0 saturated carbocycles. The van der Waals surface area contributed by atoms with Gasteiger partial charge in [0, 0.05) is 19.1 Å². The minimum absolute atomic E-state index is 0.0428. The predicted octanol–water partition coefficient (Wildman–Crippen LogP) is 1.90. The number of nitrogens with zero attached hydrogens (tertiary/aromatic N) is 1. The zero-order valence-corrected chi connectivity index (χ0v) is 11.1. The van der Waals surface area contributed by atoms with Crippen LogP contribution in [0.4, 0.5) is 0 Å². The van der Waals surface area contributed by atoms with Gasteiger partial charge in [0.2, 0.25) is 0 Å². The number of nitrogens with one attached hydrogen (secondary N) is 2. The van der Waals surface area contributed by atoms with Gasteiger partial charge < -0.3 is 15.4 Å². The number of guanidine groups is 1. The van der Waals surface area contributed by atoms with Gasteiger partial charge in [-0.2, -0.15) is 0 Å². The number of aliphatic imine (C=N–C) groups is 1. The highest BCUT2D eigenvalue weighted by molar-refractivity contribution is 6.30. The van der Waals surface area contributed by atoms with Gasteiger partial charge in [-0.25, -0.2) is 0 Å². The number of rotatable bonds is 4. The molecule has 1 aromatic carbocycles. The maximum Gasteiger partial charge on any atom is 0.190 e. The van der Waals surface area contributed by atoms with E-state index in [4.69, 9.17) is 16.3 Å². The Kier molecular flexibility index (Phi) is 5.63. The molecule has 0 heterocycles. The molecule has 1 atom stereocenters. The molecule has 1 aromatic rings. The van der Waals surface area contributed by atoms with Crippen molar-refractivity contribution in [1.29, 1.82) is 0 Å². The third-order valence-corrected chi connectivity index (χ3v) is 2.42. The second-order valence-corrected chi connectivity index (χ2v) is 4.02. The Balaban J connectivity index is 2.39. The first-order valence-electron chi connectivity index (χ1n) is 5.46. The second-order valence-electron chi connectivity index (χ2n) is 3.59. The third kappa shape index (κ3) is 4.95. The van der Waals surface area contributed by atoms with Crippen molar-refractivity contribution in [2.75, 3.05) is 20.6 Å². The molecule has 0 radical (unpaired) electrons. The summed E-state index contributed by atoms with van der Waals surface area (Å²) in [6.07, 6.45) is 0.0428. The van der Waals surface area contributed by atoms with E-state index in [1.54, 1.807) is 7.05 Å². The van der Waals surface area contributed by atoms with E-state index in [1.807, 2.05) is 38.2 Å². The first-order chi connectivity index (χ1) is 8.15. The number of benzene rings is 1. The molecule has 17 heavy (non-hydrogen) atoms. The van der Waals surface area contributed by atoms with Crippen molar-refractivity contribution >= 4 is 17.6 Å². The van der Waals surface area contributed by atoms with Crippen molar-refractivity contribution < 1.29 is 4.74 Å². The topological polar surface area (TPSA) is 45.7 Å². The summed E-state index contributed by atoms with van der Waals surface area (Å²) in [5.41, 5.74) is 0. The van der Waals surface area contributed by atoms with E-state index in [2.05, 4.69) is 15.6 Å². The van der Waals surface area contributed by atoms with Crippen molar-refractivity contribution in [3.63, 3.8) is 0 Å². The fourth-order valence-corrected chi connectivity index (χ4v) is 1.43. The van der Waals surface area contributed by atoms with Crippen LogP contribution in [0.25, 0.3) is 0 Å². The lowest BCUT2D eigenvalue weighted by molar-refractivity contribution is 0.224. The maximum atomic E-state index is 5.80. The number of halogens is 1. The Labute approximate surface area is 107 Å². The van der Waals surface area contributed by atoms with Crippen LogP contribution in [0, 0.1) is 0 Å². The lowest BCUT2D eigenvalue weighted by Gasteiger charge is -2.16. The molecule has 0 spiro atoms. The van der Waals surface area contributed by atoms with E-state index in [-0.39, 0.29) is 6.10 Å². The number of ether oxygens (including phenoxy) is 1. The van der Waals surface area contributed by atoms with Crippen molar-refractivity contribution in [3.8, 4) is 5.75 Å². The van der Waals surface area contributed by atoms with E-state index in [0.717, 1.165) is 11.7 Å². The number of hydrogen-bond acceptors (Lipinski definition) is 2. The van der Waals surface area contributed by atoms with Gasteiger partial charge in [0.05, 0.1) is 6.54 Å². The summed E-state index contributed by atoms with van der Waals surface area (Å²) in [5, 5.41) is 6.79. The highest BCUT2D eigenvalue weighted by Crippen LogP contribution is 2.16. The van der Waals surface area contributed by atoms with Gasteiger partial charge in [-0.05, 0) is 31.2 Å². The average molecular weight is 256 g/mol. The largest absolute Gasteiger partial charge is 0.489 e. The molecule has 1 rings (SSSR count). The second kappa shape index (κ2) is 7.01. The van der Waals surface area contributed by atoms with Crippen LogP contribution in [-0.2, 0) is 0 Å². The van der Waals surface area contributed by atoms with Crippen molar-refractivity contribution in [1.82, 2.24) is 10.6 Å². The third-order valence-electron chi connectivity index (χ3n) is 2.17. The van der Waals surface area contributed by atoms with Gasteiger partial charge >= 0.3 is 0 Å². The molecule has 0 aliphatic rings. The SMILES string of the molecule is CN=C(NC)NCC(C)Oc1ccc(Cl)cc1. The maximum absolute atomic E-state index is 5.80. The number of hydrogen-bond donors (Lipinski definition) is 2. The fraction of sp³-hybridized carbons (Fsp3) is 0.417. The summed E-state index contributed by atoms with van der Waals surface area (Å²) in [5.74, 6) is 1.56. The molecular formula is C12H18ClN3O. The smallest absolute Gasteiger partial charge is 0.190 e. The molecule has 94 valence electrons. The molecule has 0 saturated heterocycles. The Bertz CT molecular complexity index is 365. The summed E-state index contributed by atoms with van der Waals surface area (Å²) in [6, 6.07) is 7.32. The molecule has 2 N–H and O–H groups in total. The summed E-state index contributed by atoms with van der Waals surface area (Å²) in [4.78, 5) is 4.02. The molecular weight excluding hydrogens is 238 g/mol. The lowest BCUT2D eigenvalue weighted by atomic mass is 10.3. The van der Waals surface area contributed by atoms with Gasteiger partial charge in [-0.3, -0.25) is 4.99 Å². The van der Waals surface area contributed by atoms with Crippen LogP contribution in [0.3, 0.4) is 0 Å². The Morgan fingerprint density at radius 3 is 2.59 bits per heavy atom. The van der Waals surface area contributed by atoms with Crippen molar-refractivity contribution in [3.05, 3.63) is 29.3 Å². The molecule has 1 unspecified atom stereocenters. The van der Waals surface area contributed by atoms with Crippen molar-refractivity contribution in [2.24, 2.45) is 4.99 Å². The van der Waals surface area contributed by atoms with Crippen LogP contribution in [0.5, 0.6) is 5.75 Å². The zero-order chi connectivity index (χ0) is 12.7. The van der Waals surface area contributed by atoms with E-state index in [0.29, 0.717) is 11.6 Å². The van der Waals surface area contributed by atoms with Gasteiger partial charge in [0.25, 0.3) is 0 Å². The van der Waals surface area contributed by atoms with E-state index >= 15 is 0 Å². The minimum Gasteiger partial charge on any atom is -0.489 e. The quantitative estimate of drug-likeness (QED) is 0.638. The Morgan fingerprint density at radius 2 is 2.06 bits per heavy atom.